The second-order valence-electron chi connectivity index (χ2n) is 6.79. The van der Waals surface area contributed by atoms with Gasteiger partial charge < -0.3 is 5.32 Å². The first-order chi connectivity index (χ1) is 12.2. The smallest absolute Gasteiger partial charge is 0.259 e. The Morgan fingerprint density at radius 3 is 2.64 bits per heavy atom. The van der Waals surface area contributed by atoms with E-state index in [-0.39, 0.29) is 18.4 Å². The summed E-state index contributed by atoms with van der Waals surface area (Å²) in [6.45, 7) is 5.11. The van der Waals surface area contributed by atoms with Crippen LogP contribution in [-0.2, 0) is 4.79 Å². The summed E-state index contributed by atoms with van der Waals surface area (Å²) < 4.78 is 0. The molecular weight excluding hydrogens is 312 g/mol. The molecule has 2 aromatic rings. The van der Waals surface area contributed by atoms with E-state index in [1.165, 1.54) is 12.8 Å². The topological polar surface area (TPSA) is 49.4 Å². The minimum atomic E-state index is -0.0897. The molecule has 1 heterocycles. The van der Waals surface area contributed by atoms with E-state index in [4.69, 9.17) is 0 Å². The van der Waals surface area contributed by atoms with Gasteiger partial charge in [-0.15, -0.1) is 0 Å². The fraction of sp³-hybridized carbons (Fsp3) is 0.429. The van der Waals surface area contributed by atoms with Crippen molar-refractivity contribution in [1.82, 2.24) is 5.32 Å². The minimum absolute atomic E-state index is 0.0802. The summed E-state index contributed by atoms with van der Waals surface area (Å²) in [5.74, 6) is 0.340. The van der Waals surface area contributed by atoms with Gasteiger partial charge in [-0.25, -0.2) is 0 Å². The van der Waals surface area contributed by atoms with Crippen LogP contribution in [0.2, 0.25) is 0 Å². The Bertz CT molecular complexity index is 779. The zero-order valence-electron chi connectivity index (χ0n) is 15.0. The average molecular weight is 338 g/mol. The van der Waals surface area contributed by atoms with Gasteiger partial charge in [-0.1, -0.05) is 57.4 Å². The quantitative estimate of drug-likeness (QED) is 0.786. The maximum atomic E-state index is 12.7. The predicted octanol–water partition coefficient (Wildman–Crippen LogP) is 4.13. The van der Waals surface area contributed by atoms with Gasteiger partial charge in [-0.3, -0.25) is 14.5 Å². The van der Waals surface area contributed by atoms with Crippen LogP contribution >= 0.6 is 0 Å². The van der Waals surface area contributed by atoms with Crippen molar-refractivity contribution < 1.29 is 9.59 Å². The maximum absolute atomic E-state index is 12.7. The number of carbonyl (C=O) groups is 2. The molecule has 4 heteroatoms. The summed E-state index contributed by atoms with van der Waals surface area (Å²) in [5.41, 5.74) is 1.53. The predicted molar refractivity (Wildman–Crippen MR) is 102 cm³/mol. The Morgan fingerprint density at radius 2 is 1.92 bits per heavy atom. The van der Waals surface area contributed by atoms with Crippen molar-refractivity contribution >= 4 is 28.3 Å². The number of amides is 2. The third-order valence-corrected chi connectivity index (χ3v) is 5.08. The van der Waals surface area contributed by atoms with E-state index in [9.17, 15) is 9.59 Å². The van der Waals surface area contributed by atoms with Crippen LogP contribution in [0.5, 0.6) is 0 Å². The van der Waals surface area contributed by atoms with Gasteiger partial charge in [0.1, 0.15) is 6.54 Å². The third kappa shape index (κ3) is 3.53. The number of nitrogens with one attached hydrogen (secondary N) is 1. The summed E-state index contributed by atoms with van der Waals surface area (Å²) in [4.78, 5) is 26.7. The molecule has 0 radical (unpaired) electrons. The molecule has 0 aromatic heterocycles. The lowest BCUT2D eigenvalue weighted by Gasteiger charge is -2.19. The summed E-state index contributed by atoms with van der Waals surface area (Å²) in [5, 5.41) is 5.01. The standard InChI is InChI=1S/C21H26N2O2/c1-3-5-8-15(4-2)13-22-19(24)14-23-18-12-7-10-16-9-6-11-17(20(16)18)21(23)25/h6-7,9-12,15H,3-5,8,13-14H2,1-2H3,(H,22,24)/t15-/m0/s1. The van der Waals surface area contributed by atoms with Crippen molar-refractivity contribution in [2.45, 2.75) is 39.5 Å². The third-order valence-electron chi connectivity index (χ3n) is 5.08. The number of unbranched alkanes of at least 4 members (excludes halogenated alkanes) is 1. The van der Waals surface area contributed by atoms with Crippen LogP contribution in [-0.4, -0.2) is 24.9 Å². The second kappa shape index (κ2) is 7.68. The van der Waals surface area contributed by atoms with Crippen molar-refractivity contribution in [3.05, 3.63) is 42.0 Å². The number of anilines is 1. The number of carbonyl (C=O) groups excluding carboxylic acids is 2. The highest BCUT2D eigenvalue weighted by atomic mass is 16.2. The van der Waals surface area contributed by atoms with Gasteiger partial charge >= 0.3 is 0 Å². The molecule has 1 N–H and O–H groups in total. The summed E-state index contributed by atoms with van der Waals surface area (Å²) in [6, 6.07) is 11.6. The Hall–Kier alpha value is -2.36. The Kier molecular flexibility index (Phi) is 5.37. The fourth-order valence-electron chi connectivity index (χ4n) is 3.54. The van der Waals surface area contributed by atoms with Gasteiger partial charge in [-0.05, 0) is 29.9 Å². The van der Waals surface area contributed by atoms with Gasteiger partial charge in [-0.2, -0.15) is 0 Å². The summed E-state index contributed by atoms with van der Waals surface area (Å²) in [6.07, 6.45) is 4.57. The number of hydrogen-bond donors (Lipinski definition) is 1. The lowest BCUT2D eigenvalue weighted by molar-refractivity contribution is -0.119. The van der Waals surface area contributed by atoms with Crippen LogP contribution < -0.4 is 10.2 Å². The second-order valence-corrected chi connectivity index (χ2v) is 6.79. The van der Waals surface area contributed by atoms with Gasteiger partial charge in [0.05, 0.1) is 5.69 Å². The van der Waals surface area contributed by atoms with E-state index < -0.39 is 0 Å². The van der Waals surface area contributed by atoms with Gasteiger partial charge in [0, 0.05) is 17.5 Å². The molecule has 1 aliphatic rings. The number of hydrogen-bond acceptors (Lipinski definition) is 2. The molecule has 0 saturated heterocycles. The molecule has 0 unspecified atom stereocenters. The molecule has 1 aliphatic heterocycles. The lowest BCUT2D eigenvalue weighted by atomic mass is 9.99. The van der Waals surface area contributed by atoms with Gasteiger partial charge in [0.2, 0.25) is 5.91 Å². The van der Waals surface area contributed by atoms with Gasteiger partial charge in [0.25, 0.3) is 5.91 Å². The molecule has 2 amide bonds. The SMILES string of the molecule is CCCC[C@H](CC)CNC(=O)CN1C(=O)c2cccc3cccc1c23. The molecule has 1 atom stereocenters. The van der Waals surface area contributed by atoms with E-state index in [0.717, 1.165) is 29.3 Å². The monoisotopic (exact) mass is 338 g/mol. The highest BCUT2D eigenvalue weighted by Crippen LogP contribution is 2.36. The van der Waals surface area contributed by atoms with Crippen molar-refractivity contribution in [1.29, 1.82) is 0 Å². The first kappa shape index (κ1) is 17.5. The maximum Gasteiger partial charge on any atom is 0.259 e. The average Bonchev–Trinajstić information content (AvgIpc) is 2.90. The lowest BCUT2D eigenvalue weighted by Crippen LogP contribution is -2.40. The highest BCUT2D eigenvalue weighted by molar-refractivity contribution is 6.26. The molecule has 0 bridgehead atoms. The molecule has 2 aromatic carbocycles. The molecule has 0 aliphatic carbocycles. The Balaban J connectivity index is 1.67. The molecule has 25 heavy (non-hydrogen) atoms. The number of nitrogens with zero attached hydrogens (tertiary/aromatic N) is 1. The molecular formula is C21H26N2O2. The van der Waals surface area contributed by atoms with Crippen LogP contribution in [0.3, 0.4) is 0 Å². The van der Waals surface area contributed by atoms with Gasteiger partial charge in [0.15, 0.2) is 0 Å². The fourth-order valence-corrected chi connectivity index (χ4v) is 3.54. The van der Waals surface area contributed by atoms with E-state index in [2.05, 4.69) is 19.2 Å². The first-order valence-corrected chi connectivity index (χ1v) is 9.26. The van der Waals surface area contributed by atoms with Crippen molar-refractivity contribution in [2.24, 2.45) is 5.92 Å². The largest absolute Gasteiger partial charge is 0.354 e. The van der Waals surface area contributed by atoms with Crippen molar-refractivity contribution in [3.8, 4) is 0 Å². The summed E-state index contributed by atoms with van der Waals surface area (Å²) in [7, 11) is 0. The van der Waals surface area contributed by atoms with Crippen LogP contribution in [0.1, 0.15) is 49.9 Å². The molecule has 4 nitrogen and oxygen atoms in total. The summed E-state index contributed by atoms with van der Waals surface area (Å²) >= 11 is 0. The molecule has 0 saturated carbocycles. The highest BCUT2D eigenvalue weighted by Gasteiger charge is 2.30. The van der Waals surface area contributed by atoms with Crippen LogP contribution in [0.25, 0.3) is 10.8 Å². The molecule has 132 valence electrons. The van der Waals surface area contributed by atoms with Crippen LogP contribution in [0, 0.1) is 5.92 Å². The van der Waals surface area contributed by atoms with E-state index in [1.54, 1.807) is 4.90 Å². The Labute approximate surface area is 149 Å². The molecule has 0 spiro atoms. The van der Waals surface area contributed by atoms with E-state index in [1.807, 2.05) is 36.4 Å². The van der Waals surface area contributed by atoms with Crippen molar-refractivity contribution in [3.63, 3.8) is 0 Å². The molecule has 3 rings (SSSR count). The van der Waals surface area contributed by atoms with Crippen molar-refractivity contribution in [2.75, 3.05) is 18.0 Å². The van der Waals surface area contributed by atoms with Crippen LogP contribution in [0.4, 0.5) is 5.69 Å². The van der Waals surface area contributed by atoms with E-state index in [0.29, 0.717) is 18.0 Å². The van der Waals surface area contributed by atoms with Crippen LogP contribution in [0.15, 0.2) is 36.4 Å². The molecule has 0 fully saturated rings. The zero-order chi connectivity index (χ0) is 17.8. The minimum Gasteiger partial charge on any atom is -0.354 e. The van der Waals surface area contributed by atoms with E-state index >= 15 is 0 Å². The number of rotatable bonds is 8. The first-order valence-electron chi connectivity index (χ1n) is 9.26. The Morgan fingerprint density at radius 1 is 1.16 bits per heavy atom. The zero-order valence-corrected chi connectivity index (χ0v) is 15.0. The normalized spacial score (nSPS) is 14.2. The number of benzene rings is 2.